The topological polar surface area (TPSA) is 36.4 Å². The van der Waals surface area contributed by atoms with Gasteiger partial charge in [-0.3, -0.25) is 9.69 Å². The number of aromatic nitrogens is 1. The molecule has 0 unspecified atom stereocenters. The third kappa shape index (κ3) is 3.30. The third-order valence-electron chi connectivity index (χ3n) is 6.22. The van der Waals surface area contributed by atoms with E-state index < -0.39 is 0 Å². The lowest BCUT2D eigenvalue weighted by molar-refractivity contribution is 0.0527. The minimum absolute atomic E-state index is 0.129. The number of fused-ring (bicyclic) bond motifs is 3. The number of hydrogen-bond acceptors (Lipinski definition) is 4. The highest BCUT2D eigenvalue weighted by atomic mass is 35.5. The number of amides is 1. The number of rotatable bonds is 2. The molecule has 0 N–H and O–H groups in total. The summed E-state index contributed by atoms with van der Waals surface area (Å²) in [6.45, 7) is 3.62. The fourth-order valence-corrected chi connectivity index (χ4v) is 6.13. The Labute approximate surface area is 174 Å². The average Bonchev–Trinajstić information content (AvgIpc) is 3.21. The van der Waals surface area contributed by atoms with Gasteiger partial charge in [0.05, 0.1) is 10.4 Å². The summed E-state index contributed by atoms with van der Waals surface area (Å²) >= 11 is 7.95. The van der Waals surface area contributed by atoms with Gasteiger partial charge in [0.15, 0.2) is 0 Å². The molecule has 1 aliphatic heterocycles. The summed E-state index contributed by atoms with van der Waals surface area (Å²) < 4.78 is 1.06. The van der Waals surface area contributed by atoms with Crippen molar-refractivity contribution in [1.29, 1.82) is 0 Å². The van der Waals surface area contributed by atoms with Crippen molar-refractivity contribution in [3.8, 4) is 0 Å². The Morgan fingerprint density at radius 1 is 1.04 bits per heavy atom. The molecule has 1 saturated carbocycles. The first-order chi connectivity index (χ1) is 13.7. The number of thiophene rings is 1. The monoisotopic (exact) mass is 413 g/mol. The number of piperazine rings is 1. The Bertz CT molecular complexity index is 1020. The van der Waals surface area contributed by atoms with Gasteiger partial charge in [-0.05, 0) is 25.0 Å². The first-order valence-electron chi connectivity index (χ1n) is 10.2. The number of benzene rings is 1. The largest absolute Gasteiger partial charge is 0.335 e. The Balaban J connectivity index is 1.36. The highest BCUT2D eigenvalue weighted by molar-refractivity contribution is 7.21. The number of halogens is 1. The third-order valence-corrected chi connectivity index (χ3v) is 7.67. The van der Waals surface area contributed by atoms with Crippen molar-refractivity contribution < 1.29 is 4.79 Å². The summed E-state index contributed by atoms with van der Waals surface area (Å²) in [5, 5.41) is 2.42. The second-order valence-electron chi connectivity index (χ2n) is 7.89. The number of pyridine rings is 1. The van der Waals surface area contributed by atoms with E-state index in [1.54, 1.807) is 11.3 Å². The number of para-hydroxylation sites is 1. The predicted molar refractivity (Wildman–Crippen MR) is 116 cm³/mol. The lowest BCUT2D eigenvalue weighted by Gasteiger charge is -2.40. The van der Waals surface area contributed by atoms with Gasteiger partial charge in [-0.2, -0.15) is 0 Å². The molecule has 1 amide bonds. The van der Waals surface area contributed by atoms with Crippen LogP contribution in [0.1, 0.15) is 41.8 Å². The lowest BCUT2D eigenvalue weighted by Crippen LogP contribution is -2.52. The summed E-state index contributed by atoms with van der Waals surface area (Å²) in [7, 11) is 0. The van der Waals surface area contributed by atoms with Crippen LogP contribution in [0.5, 0.6) is 0 Å². The van der Waals surface area contributed by atoms with Gasteiger partial charge in [0, 0.05) is 47.7 Å². The van der Waals surface area contributed by atoms with Gasteiger partial charge < -0.3 is 4.90 Å². The van der Waals surface area contributed by atoms with Crippen molar-refractivity contribution in [2.45, 2.75) is 38.1 Å². The SMILES string of the molecule is O=C(c1cc2c(Cl)nc3ccccc3c2s1)N1CCN(C2CCCCC2)CC1. The molecular formula is C22H24ClN3OS. The fraction of sp³-hybridized carbons (Fsp3) is 0.455. The summed E-state index contributed by atoms with van der Waals surface area (Å²) in [6, 6.07) is 10.6. The van der Waals surface area contributed by atoms with E-state index in [9.17, 15) is 4.79 Å². The zero-order chi connectivity index (χ0) is 19.1. The van der Waals surface area contributed by atoms with Crippen molar-refractivity contribution in [1.82, 2.24) is 14.8 Å². The first-order valence-corrected chi connectivity index (χ1v) is 11.4. The number of hydrogen-bond donors (Lipinski definition) is 0. The van der Waals surface area contributed by atoms with Crippen LogP contribution in [-0.2, 0) is 0 Å². The van der Waals surface area contributed by atoms with Crippen molar-refractivity contribution in [2.24, 2.45) is 0 Å². The Morgan fingerprint density at radius 3 is 2.57 bits per heavy atom. The standard InChI is InChI=1S/C22H24ClN3OS/c23-21-17-14-19(28-20(17)16-8-4-5-9-18(16)24-21)22(27)26-12-10-25(11-13-26)15-6-2-1-3-7-15/h4-5,8-9,14-15H,1-3,6-7,10-13H2. The van der Waals surface area contributed by atoms with Crippen LogP contribution in [0.4, 0.5) is 0 Å². The van der Waals surface area contributed by atoms with Crippen LogP contribution >= 0.6 is 22.9 Å². The molecule has 5 rings (SSSR count). The smallest absolute Gasteiger partial charge is 0.264 e. The molecule has 2 fully saturated rings. The van der Waals surface area contributed by atoms with Crippen LogP contribution in [-0.4, -0.2) is 52.9 Å². The molecule has 3 aromatic rings. The summed E-state index contributed by atoms with van der Waals surface area (Å²) in [5.41, 5.74) is 0.877. The van der Waals surface area contributed by atoms with Gasteiger partial charge in [-0.15, -0.1) is 11.3 Å². The molecule has 1 aliphatic carbocycles. The van der Waals surface area contributed by atoms with Gasteiger partial charge in [-0.25, -0.2) is 4.98 Å². The van der Waals surface area contributed by atoms with Gasteiger partial charge in [0.2, 0.25) is 0 Å². The molecule has 3 heterocycles. The van der Waals surface area contributed by atoms with Crippen molar-refractivity contribution in [3.05, 3.63) is 40.4 Å². The number of carbonyl (C=O) groups excluding carboxylic acids is 1. The van der Waals surface area contributed by atoms with Crippen LogP contribution in [0.15, 0.2) is 30.3 Å². The Hall–Kier alpha value is -1.69. The van der Waals surface area contributed by atoms with Gasteiger partial charge in [0.25, 0.3) is 5.91 Å². The van der Waals surface area contributed by atoms with E-state index in [1.165, 1.54) is 32.1 Å². The maximum Gasteiger partial charge on any atom is 0.264 e. The lowest BCUT2D eigenvalue weighted by atomic mass is 9.94. The maximum absolute atomic E-state index is 13.2. The van der Waals surface area contributed by atoms with Crippen LogP contribution in [0.3, 0.4) is 0 Å². The molecule has 28 heavy (non-hydrogen) atoms. The van der Waals surface area contributed by atoms with Crippen molar-refractivity contribution in [3.63, 3.8) is 0 Å². The van der Waals surface area contributed by atoms with E-state index in [0.717, 1.165) is 58.1 Å². The number of carbonyl (C=O) groups is 1. The number of nitrogens with zero attached hydrogens (tertiary/aromatic N) is 3. The zero-order valence-corrected chi connectivity index (χ0v) is 17.4. The van der Waals surface area contributed by atoms with Crippen molar-refractivity contribution >= 4 is 49.8 Å². The van der Waals surface area contributed by atoms with E-state index >= 15 is 0 Å². The zero-order valence-electron chi connectivity index (χ0n) is 15.9. The van der Waals surface area contributed by atoms with Crippen LogP contribution in [0.2, 0.25) is 5.15 Å². The maximum atomic E-state index is 13.2. The van der Waals surface area contributed by atoms with Crippen LogP contribution < -0.4 is 0 Å². The normalized spacial score (nSPS) is 19.5. The highest BCUT2D eigenvalue weighted by Crippen LogP contribution is 2.36. The second-order valence-corrected chi connectivity index (χ2v) is 9.30. The van der Waals surface area contributed by atoms with Gasteiger partial charge in [-0.1, -0.05) is 49.1 Å². The van der Waals surface area contributed by atoms with Crippen LogP contribution in [0, 0.1) is 0 Å². The van der Waals surface area contributed by atoms with E-state index in [1.807, 2.05) is 29.2 Å². The van der Waals surface area contributed by atoms with Gasteiger partial charge in [0.1, 0.15) is 5.15 Å². The highest BCUT2D eigenvalue weighted by Gasteiger charge is 2.28. The molecule has 2 aromatic heterocycles. The molecule has 1 aromatic carbocycles. The Kier molecular flexibility index (Phi) is 4.99. The fourth-order valence-electron chi connectivity index (χ4n) is 4.67. The van der Waals surface area contributed by atoms with E-state index in [-0.39, 0.29) is 5.91 Å². The summed E-state index contributed by atoms with van der Waals surface area (Å²) in [5.74, 6) is 0.129. The minimum Gasteiger partial charge on any atom is -0.335 e. The average molecular weight is 414 g/mol. The molecule has 0 bridgehead atoms. The predicted octanol–water partition coefficient (Wildman–Crippen LogP) is 5.19. The molecule has 146 valence electrons. The molecular weight excluding hydrogens is 390 g/mol. The first kappa shape index (κ1) is 18.3. The van der Waals surface area contributed by atoms with E-state index in [2.05, 4.69) is 16.0 Å². The molecule has 2 aliphatic rings. The summed E-state index contributed by atoms with van der Waals surface area (Å²) in [4.78, 5) is 23.0. The molecule has 0 radical (unpaired) electrons. The molecule has 6 heteroatoms. The van der Waals surface area contributed by atoms with E-state index in [4.69, 9.17) is 11.6 Å². The van der Waals surface area contributed by atoms with Crippen molar-refractivity contribution in [2.75, 3.05) is 26.2 Å². The molecule has 1 saturated heterocycles. The van der Waals surface area contributed by atoms with E-state index in [0.29, 0.717) is 5.15 Å². The summed E-state index contributed by atoms with van der Waals surface area (Å²) in [6.07, 6.45) is 6.74. The molecule has 0 atom stereocenters. The quantitative estimate of drug-likeness (QED) is 0.542. The Morgan fingerprint density at radius 2 is 1.79 bits per heavy atom. The second kappa shape index (κ2) is 7.62. The minimum atomic E-state index is 0.129. The molecule has 0 spiro atoms. The van der Waals surface area contributed by atoms with Gasteiger partial charge >= 0.3 is 0 Å². The molecule has 4 nitrogen and oxygen atoms in total. The van der Waals surface area contributed by atoms with Crippen LogP contribution in [0.25, 0.3) is 21.0 Å².